The molecule has 0 saturated heterocycles. The second kappa shape index (κ2) is 5.39. The van der Waals surface area contributed by atoms with E-state index in [0.717, 1.165) is 32.6 Å². The number of amidine groups is 1. The van der Waals surface area contributed by atoms with Crippen LogP contribution in [0.4, 0.5) is 22.7 Å². The number of hydrogen-bond acceptors (Lipinski definition) is 4. The van der Waals surface area contributed by atoms with Gasteiger partial charge in [-0.25, -0.2) is 0 Å². The van der Waals surface area contributed by atoms with Crippen molar-refractivity contribution in [3.63, 3.8) is 0 Å². The van der Waals surface area contributed by atoms with E-state index in [9.17, 15) is 10.4 Å². The lowest BCUT2D eigenvalue weighted by molar-refractivity contribution is -0.539. The Morgan fingerprint density at radius 1 is 0.852 bits per heavy atom. The second-order valence-electron chi connectivity index (χ2n) is 8.34. The summed E-state index contributed by atoms with van der Waals surface area (Å²) in [6, 6.07) is 13.9. The normalized spacial score (nSPS) is 20.0. The Kier molecular flexibility index (Phi) is 3.53. The Morgan fingerprint density at radius 2 is 1.37 bits per heavy atom. The number of hydroxylamine groups is 3. The molecule has 2 aliphatic heterocycles. The molecule has 0 aliphatic carbocycles. The van der Waals surface area contributed by atoms with E-state index in [2.05, 4.69) is 21.9 Å². The number of benzene rings is 2. The smallest absolute Gasteiger partial charge is 0.316 e. The highest BCUT2D eigenvalue weighted by atomic mass is 16.5. The molecule has 2 aromatic rings. The van der Waals surface area contributed by atoms with Gasteiger partial charge in [-0.15, -0.1) is 0 Å². The molecular weight excluding hydrogens is 340 g/mol. The van der Waals surface area contributed by atoms with Gasteiger partial charge in [0.2, 0.25) is 0 Å². The highest BCUT2D eigenvalue weighted by molar-refractivity contribution is 6.00. The molecule has 2 heterocycles. The molecule has 6 heteroatoms. The van der Waals surface area contributed by atoms with Crippen molar-refractivity contribution in [3.8, 4) is 0 Å². The third-order valence-electron chi connectivity index (χ3n) is 6.46. The van der Waals surface area contributed by atoms with Crippen molar-refractivity contribution >= 4 is 28.6 Å². The topological polar surface area (TPSA) is 55.7 Å². The monoisotopic (exact) mass is 365 g/mol. The van der Waals surface area contributed by atoms with Crippen LogP contribution in [0.3, 0.4) is 0 Å². The van der Waals surface area contributed by atoms with Crippen LogP contribution in [-0.4, -0.2) is 40.8 Å². The van der Waals surface area contributed by atoms with Crippen LogP contribution in [0.25, 0.3) is 0 Å². The predicted molar refractivity (Wildman–Crippen MR) is 107 cm³/mol. The van der Waals surface area contributed by atoms with Crippen LogP contribution in [0.15, 0.2) is 42.5 Å². The summed E-state index contributed by atoms with van der Waals surface area (Å²) in [7, 11) is 4.03. The van der Waals surface area contributed by atoms with Crippen molar-refractivity contribution in [3.05, 3.63) is 53.2 Å². The summed E-state index contributed by atoms with van der Waals surface area (Å²) in [4.78, 5) is 4.23. The van der Waals surface area contributed by atoms with Crippen LogP contribution in [0, 0.1) is 5.21 Å². The molecule has 0 aromatic heterocycles. The first-order chi connectivity index (χ1) is 12.6. The standard InChI is InChI=1S/C21H25N4O2/c1-20(2)21(3,4)25(27)19(24(20)26)14-11-12-17-18(13-14)23(6)16-10-8-7-9-15(16)22(17)5/h7-13H,1-6H3. The van der Waals surface area contributed by atoms with E-state index in [1.54, 1.807) is 0 Å². The molecule has 2 aromatic carbocycles. The highest BCUT2D eigenvalue weighted by Crippen LogP contribution is 2.47. The van der Waals surface area contributed by atoms with Gasteiger partial charge in [0.25, 0.3) is 0 Å². The first kappa shape index (κ1) is 17.7. The fourth-order valence-electron chi connectivity index (χ4n) is 3.85. The van der Waals surface area contributed by atoms with Gasteiger partial charge in [0, 0.05) is 19.3 Å². The summed E-state index contributed by atoms with van der Waals surface area (Å²) >= 11 is 0. The quantitative estimate of drug-likeness (QED) is 0.566. The molecule has 141 valence electrons. The maximum atomic E-state index is 13.0. The fraction of sp³-hybridized carbons (Fsp3) is 0.381. The van der Waals surface area contributed by atoms with E-state index in [0.29, 0.717) is 5.56 Å². The first-order valence-corrected chi connectivity index (χ1v) is 9.11. The molecule has 0 amide bonds. The second-order valence-corrected chi connectivity index (χ2v) is 8.34. The van der Waals surface area contributed by atoms with Gasteiger partial charge in [0.05, 0.1) is 28.3 Å². The molecule has 0 bridgehead atoms. The molecule has 0 spiro atoms. The SMILES string of the molecule is CN1c2ccccc2N(C)c2cc(C3=[N+]([O-])C(C)(C)C(C)(C)N3[O])ccc21. The molecular formula is C21H25N4O2. The highest BCUT2D eigenvalue weighted by Gasteiger charge is 2.60. The molecule has 1 radical (unpaired) electrons. The number of nitrogens with zero attached hydrogens (tertiary/aromatic N) is 4. The van der Waals surface area contributed by atoms with Crippen molar-refractivity contribution < 1.29 is 9.95 Å². The number of anilines is 4. The number of para-hydroxylation sites is 2. The fourth-order valence-corrected chi connectivity index (χ4v) is 3.85. The van der Waals surface area contributed by atoms with Crippen molar-refractivity contribution in [2.75, 3.05) is 23.9 Å². The minimum absolute atomic E-state index is 0.169. The largest absolute Gasteiger partial charge is 0.714 e. The van der Waals surface area contributed by atoms with Gasteiger partial charge < -0.3 is 15.0 Å². The van der Waals surface area contributed by atoms with Gasteiger partial charge in [-0.1, -0.05) is 17.2 Å². The average Bonchev–Trinajstić information content (AvgIpc) is 2.76. The average molecular weight is 365 g/mol. The molecule has 4 rings (SSSR count). The van der Waals surface area contributed by atoms with E-state index in [4.69, 9.17) is 0 Å². The Bertz CT molecular complexity index is 964. The Balaban J connectivity index is 1.87. The van der Waals surface area contributed by atoms with Gasteiger partial charge >= 0.3 is 5.84 Å². The molecule has 2 aliphatic rings. The summed E-state index contributed by atoms with van der Waals surface area (Å²) in [5.74, 6) is 0.169. The van der Waals surface area contributed by atoms with E-state index < -0.39 is 11.1 Å². The van der Waals surface area contributed by atoms with E-state index in [1.165, 1.54) is 0 Å². The number of hydrogen-bond donors (Lipinski definition) is 0. The van der Waals surface area contributed by atoms with Crippen molar-refractivity contribution in [2.45, 2.75) is 38.8 Å². The molecule has 0 atom stereocenters. The summed E-state index contributed by atoms with van der Waals surface area (Å²) in [6.45, 7) is 7.25. The van der Waals surface area contributed by atoms with E-state index in [-0.39, 0.29) is 5.84 Å². The van der Waals surface area contributed by atoms with E-state index in [1.807, 2.05) is 72.1 Å². The summed E-state index contributed by atoms with van der Waals surface area (Å²) in [6.07, 6.45) is 0. The maximum Gasteiger partial charge on any atom is 0.316 e. The molecule has 0 N–H and O–H groups in total. The molecule has 0 saturated carbocycles. The van der Waals surface area contributed by atoms with Gasteiger partial charge in [0.1, 0.15) is 5.54 Å². The Labute approximate surface area is 160 Å². The maximum absolute atomic E-state index is 13.0. The first-order valence-electron chi connectivity index (χ1n) is 9.11. The van der Waals surface area contributed by atoms with Crippen LogP contribution in [0.5, 0.6) is 0 Å². The zero-order chi connectivity index (χ0) is 19.7. The Hall–Kier alpha value is -2.73. The van der Waals surface area contributed by atoms with Crippen molar-refractivity contribution in [1.82, 2.24) is 5.06 Å². The van der Waals surface area contributed by atoms with Gasteiger partial charge in [-0.05, 0) is 58.0 Å². The van der Waals surface area contributed by atoms with Crippen molar-refractivity contribution in [2.24, 2.45) is 0 Å². The zero-order valence-electron chi connectivity index (χ0n) is 16.6. The van der Waals surface area contributed by atoms with Crippen LogP contribution < -0.4 is 9.80 Å². The van der Waals surface area contributed by atoms with Gasteiger partial charge in [0.15, 0.2) is 5.54 Å². The molecule has 27 heavy (non-hydrogen) atoms. The van der Waals surface area contributed by atoms with Crippen LogP contribution >= 0.6 is 0 Å². The zero-order valence-corrected chi connectivity index (χ0v) is 16.6. The number of fused-ring (bicyclic) bond motifs is 2. The Morgan fingerprint density at radius 3 is 1.89 bits per heavy atom. The minimum atomic E-state index is -0.824. The van der Waals surface area contributed by atoms with Gasteiger partial charge in [-0.2, -0.15) is 0 Å². The molecule has 6 nitrogen and oxygen atoms in total. The lowest BCUT2D eigenvalue weighted by atomic mass is 9.84. The number of rotatable bonds is 1. The summed E-state index contributed by atoms with van der Waals surface area (Å²) in [5, 5.41) is 26.8. The lowest BCUT2D eigenvalue weighted by Gasteiger charge is -2.36. The molecule has 0 unspecified atom stereocenters. The third-order valence-corrected chi connectivity index (χ3v) is 6.46. The minimum Gasteiger partial charge on any atom is -0.714 e. The third kappa shape index (κ3) is 2.13. The summed E-state index contributed by atoms with van der Waals surface area (Å²) in [5.41, 5.74) is 3.19. The van der Waals surface area contributed by atoms with Crippen LogP contribution in [0.2, 0.25) is 0 Å². The van der Waals surface area contributed by atoms with Gasteiger partial charge in [-0.3, -0.25) is 4.74 Å². The van der Waals surface area contributed by atoms with Crippen LogP contribution in [0.1, 0.15) is 33.3 Å². The van der Waals surface area contributed by atoms with Crippen LogP contribution in [-0.2, 0) is 5.21 Å². The summed E-state index contributed by atoms with van der Waals surface area (Å²) < 4.78 is 0.863. The lowest BCUT2D eigenvalue weighted by Crippen LogP contribution is -2.53. The van der Waals surface area contributed by atoms with Crippen molar-refractivity contribution in [1.29, 1.82) is 0 Å². The predicted octanol–water partition coefficient (Wildman–Crippen LogP) is 4.01. The molecule has 0 fully saturated rings. The van der Waals surface area contributed by atoms with E-state index >= 15 is 0 Å².